The topological polar surface area (TPSA) is 49.4 Å². The Hall–Kier alpha value is 0.0500. The first kappa shape index (κ1) is 15.4. The Labute approximate surface area is 127 Å². The smallest absolute Gasteiger partial charge is 0.214 e. The summed E-state index contributed by atoms with van der Waals surface area (Å²) in [4.78, 5) is 1.42. The van der Waals surface area contributed by atoms with Gasteiger partial charge in [-0.3, -0.25) is 0 Å². The van der Waals surface area contributed by atoms with Crippen LogP contribution in [0.3, 0.4) is 0 Å². The van der Waals surface area contributed by atoms with Gasteiger partial charge in [-0.2, -0.15) is 0 Å². The normalized spacial score (nSPS) is 19.7. The second kappa shape index (κ2) is 6.22. The number of aryl methyl sites for hydroxylation is 1. The fourth-order valence-corrected chi connectivity index (χ4v) is 4.84. The maximum absolute atomic E-state index is 11.7. The highest BCUT2D eigenvalue weighted by atomic mass is 79.9. The van der Waals surface area contributed by atoms with E-state index in [1.165, 1.54) is 14.7 Å². The number of sulfonamides is 1. The summed E-state index contributed by atoms with van der Waals surface area (Å²) in [6, 6.07) is 2.46. The molecule has 2 rings (SSSR count). The molecule has 1 N–H and O–H groups in total. The van der Waals surface area contributed by atoms with Crippen LogP contribution in [0.1, 0.15) is 29.3 Å². The summed E-state index contributed by atoms with van der Waals surface area (Å²) >= 11 is 5.32. The van der Waals surface area contributed by atoms with Crippen LogP contribution in [0.4, 0.5) is 0 Å². The van der Waals surface area contributed by atoms with Crippen molar-refractivity contribution in [3.05, 3.63) is 20.3 Å². The van der Waals surface area contributed by atoms with Gasteiger partial charge in [-0.25, -0.2) is 12.7 Å². The van der Waals surface area contributed by atoms with Crippen molar-refractivity contribution in [2.45, 2.75) is 25.3 Å². The Morgan fingerprint density at radius 1 is 1.53 bits per heavy atom. The molecule has 4 nitrogen and oxygen atoms in total. The number of rotatable bonds is 5. The number of hydrogen-bond donors (Lipinski definition) is 1. The number of nitrogens with zero attached hydrogens (tertiary/aromatic N) is 1. The predicted molar refractivity (Wildman–Crippen MR) is 83.2 cm³/mol. The van der Waals surface area contributed by atoms with Gasteiger partial charge in [0.25, 0.3) is 0 Å². The SMILES string of the molecule is CN(C)S(=O)(=O)CCNC1CCCc2sc(Br)cc21. The summed E-state index contributed by atoms with van der Waals surface area (Å²) in [5, 5.41) is 3.38. The van der Waals surface area contributed by atoms with E-state index in [9.17, 15) is 8.42 Å². The highest BCUT2D eigenvalue weighted by Crippen LogP contribution is 2.37. The fourth-order valence-electron chi connectivity index (χ4n) is 2.28. The highest BCUT2D eigenvalue weighted by Gasteiger charge is 2.23. The van der Waals surface area contributed by atoms with Crippen molar-refractivity contribution in [3.8, 4) is 0 Å². The van der Waals surface area contributed by atoms with E-state index in [1.807, 2.05) is 0 Å². The third kappa shape index (κ3) is 3.78. The lowest BCUT2D eigenvalue weighted by molar-refractivity contribution is 0.469. The molecule has 0 bridgehead atoms. The van der Waals surface area contributed by atoms with Gasteiger partial charge < -0.3 is 5.32 Å². The molecule has 1 aliphatic carbocycles. The first-order valence-corrected chi connectivity index (χ1v) is 9.53. The third-order valence-electron chi connectivity index (χ3n) is 3.39. The monoisotopic (exact) mass is 366 g/mol. The quantitative estimate of drug-likeness (QED) is 0.869. The molecular weight excluding hydrogens is 348 g/mol. The lowest BCUT2D eigenvalue weighted by Gasteiger charge is -2.24. The lowest BCUT2D eigenvalue weighted by Crippen LogP contribution is -2.33. The number of nitrogens with one attached hydrogen (secondary N) is 1. The number of halogens is 1. The van der Waals surface area contributed by atoms with Gasteiger partial charge in [-0.05, 0) is 46.8 Å². The molecule has 1 unspecified atom stereocenters. The van der Waals surface area contributed by atoms with Crippen molar-refractivity contribution in [1.29, 1.82) is 0 Å². The number of fused-ring (bicyclic) bond motifs is 1. The molecule has 1 aliphatic rings. The van der Waals surface area contributed by atoms with Crippen molar-refractivity contribution in [3.63, 3.8) is 0 Å². The molecule has 0 saturated heterocycles. The Kier molecular flexibility index (Phi) is 5.05. The molecule has 1 aromatic heterocycles. The Morgan fingerprint density at radius 3 is 2.95 bits per heavy atom. The van der Waals surface area contributed by atoms with Gasteiger partial charge >= 0.3 is 0 Å². The van der Waals surface area contributed by atoms with E-state index < -0.39 is 10.0 Å². The molecule has 19 heavy (non-hydrogen) atoms. The van der Waals surface area contributed by atoms with Crippen LogP contribution in [-0.4, -0.2) is 39.1 Å². The first-order valence-electron chi connectivity index (χ1n) is 6.32. The van der Waals surface area contributed by atoms with Gasteiger partial charge in [0.05, 0.1) is 9.54 Å². The molecule has 0 aromatic carbocycles. The molecule has 0 spiro atoms. The minimum Gasteiger partial charge on any atom is -0.309 e. The van der Waals surface area contributed by atoms with Crippen molar-refractivity contribution in [2.75, 3.05) is 26.4 Å². The Bertz CT molecular complexity index is 540. The molecule has 7 heteroatoms. The molecule has 0 fully saturated rings. The van der Waals surface area contributed by atoms with Crippen LogP contribution in [0, 0.1) is 0 Å². The average Bonchev–Trinajstić information content (AvgIpc) is 2.70. The summed E-state index contributed by atoms with van der Waals surface area (Å²) in [5.41, 5.74) is 1.34. The van der Waals surface area contributed by atoms with Crippen molar-refractivity contribution < 1.29 is 8.42 Å². The standard InChI is InChI=1S/C12H19BrN2O2S2/c1-15(2)19(16,17)7-6-14-10-4-3-5-11-9(10)8-12(13)18-11/h8,10,14H,3-7H2,1-2H3. The van der Waals surface area contributed by atoms with Crippen LogP contribution in [0.25, 0.3) is 0 Å². The molecule has 1 heterocycles. The minimum absolute atomic E-state index is 0.150. The number of hydrogen-bond acceptors (Lipinski definition) is 4. The summed E-state index contributed by atoms with van der Waals surface area (Å²) in [5.74, 6) is 0.150. The molecule has 1 aromatic rings. The van der Waals surface area contributed by atoms with Crippen molar-refractivity contribution >= 4 is 37.3 Å². The molecule has 0 saturated carbocycles. The molecule has 0 radical (unpaired) electrons. The van der Waals surface area contributed by atoms with Crippen molar-refractivity contribution in [1.82, 2.24) is 9.62 Å². The van der Waals surface area contributed by atoms with E-state index in [-0.39, 0.29) is 5.75 Å². The molecule has 0 aliphatic heterocycles. The second-order valence-corrected chi connectivity index (χ2v) is 9.74. The predicted octanol–water partition coefficient (Wildman–Crippen LogP) is 2.37. The molecular formula is C12H19BrN2O2S2. The lowest BCUT2D eigenvalue weighted by atomic mass is 9.94. The maximum Gasteiger partial charge on any atom is 0.214 e. The van der Waals surface area contributed by atoms with E-state index in [4.69, 9.17) is 0 Å². The Morgan fingerprint density at radius 2 is 2.26 bits per heavy atom. The summed E-state index contributed by atoms with van der Waals surface area (Å²) in [6.07, 6.45) is 3.38. The average molecular weight is 367 g/mol. The van der Waals surface area contributed by atoms with Crippen LogP contribution in [0.15, 0.2) is 9.85 Å². The van der Waals surface area contributed by atoms with E-state index in [0.717, 1.165) is 23.0 Å². The summed E-state index contributed by atoms with van der Waals surface area (Å²) in [7, 11) is 0.0399. The van der Waals surface area contributed by atoms with Crippen LogP contribution < -0.4 is 5.32 Å². The number of thiophene rings is 1. The van der Waals surface area contributed by atoms with Gasteiger partial charge in [0.1, 0.15) is 0 Å². The van der Waals surface area contributed by atoms with Gasteiger partial charge in [0, 0.05) is 31.6 Å². The van der Waals surface area contributed by atoms with Gasteiger partial charge in [-0.1, -0.05) is 0 Å². The van der Waals surface area contributed by atoms with Crippen LogP contribution >= 0.6 is 27.3 Å². The molecule has 108 valence electrons. The van der Waals surface area contributed by atoms with Gasteiger partial charge in [-0.15, -0.1) is 11.3 Å². The van der Waals surface area contributed by atoms with Gasteiger partial charge in [0.2, 0.25) is 10.0 Å². The van der Waals surface area contributed by atoms with Crippen molar-refractivity contribution in [2.24, 2.45) is 0 Å². The second-order valence-electron chi connectivity index (χ2n) is 4.93. The third-order valence-corrected chi connectivity index (χ3v) is 6.94. The Balaban J connectivity index is 1.95. The van der Waals surface area contributed by atoms with E-state index in [0.29, 0.717) is 12.6 Å². The van der Waals surface area contributed by atoms with Crippen LogP contribution in [-0.2, 0) is 16.4 Å². The first-order chi connectivity index (χ1) is 8.90. The highest BCUT2D eigenvalue weighted by molar-refractivity contribution is 9.11. The molecule has 0 amide bonds. The zero-order chi connectivity index (χ0) is 14.0. The van der Waals surface area contributed by atoms with Gasteiger partial charge in [0.15, 0.2) is 0 Å². The molecule has 1 atom stereocenters. The summed E-state index contributed by atoms with van der Waals surface area (Å²) < 4.78 is 25.8. The zero-order valence-electron chi connectivity index (χ0n) is 11.1. The largest absolute Gasteiger partial charge is 0.309 e. The van der Waals surface area contributed by atoms with E-state index in [2.05, 4.69) is 27.3 Å². The fraction of sp³-hybridized carbons (Fsp3) is 0.667. The van der Waals surface area contributed by atoms with Crippen LogP contribution in [0.5, 0.6) is 0 Å². The summed E-state index contributed by atoms with van der Waals surface area (Å²) in [6.45, 7) is 0.498. The maximum atomic E-state index is 11.7. The van der Waals surface area contributed by atoms with E-state index in [1.54, 1.807) is 25.4 Å². The zero-order valence-corrected chi connectivity index (χ0v) is 14.4. The van der Waals surface area contributed by atoms with E-state index >= 15 is 0 Å². The minimum atomic E-state index is -3.11. The van der Waals surface area contributed by atoms with Crippen LogP contribution in [0.2, 0.25) is 0 Å².